The van der Waals surface area contributed by atoms with Crippen molar-refractivity contribution in [2.45, 2.75) is 38.5 Å². The Kier molecular flexibility index (Phi) is 7.69. The van der Waals surface area contributed by atoms with Gasteiger partial charge in [0, 0.05) is 31.6 Å². The number of rotatable bonds is 6. The number of piperazine rings is 1. The fourth-order valence-corrected chi connectivity index (χ4v) is 3.76. The lowest BCUT2D eigenvalue weighted by Crippen LogP contribution is -2.58. The second-order valence-corrected chi connectivity index (χ2v) is 8.37. The van der Waals surface area contributed by atoms with E-state index in [1.54, 1.807) is 17.9 Å². The third-order valence-electron chi connectivity index (χ3n) is 6.07. The van der Waals surface area contributed by atoms with Crippen molar-refractivity contribution in [3.05, 3.63) is 65.5 Å². The van der Waals surface area contributed by atoms with Crippen LogP contribution in [0.5, 0.6) is 0 Å². The summed E-state index contributed by atoms with van der Waals surface area (Å²) in [6.45, 7) is 5.77. The van der Waals surface area contributed by atoms with E-state index in [0.717, 1.165) is 12.1 Å². The molecular formula is C24H31FN4O3. The summed E-state index contributed by atoms with van der Waals surface area (Å²) >= 11 is 0. The number of ether oxygens (including phenoxy) is 1. The van der Waals surface area contributed by atoms with Gasteiger partial charge in [-0.15, -0.1) is 0 Å². The summed E-state index contributed by atoms with van der Waals surface area (Å²) in [5.41, 5.74) is 7.05. The van der Waals surface area contributed by atoms with E-state index < -0.39 is 23.9 Å². The summed E-state index contributed by atoms with van der Waals surface area (Å²) in [6.07, 6.45) is -0.697. The van der Waals surface area contributed by atoms with Crippen LogP contribution in [0.1, 0.15) is 30.9 Å². The molecule has 1 aliphatic heterocycles. The maximum absolute atomic E-state index is 14.1. The molecule has 32 heavy (non-hydrogen) atoms. The smallest absolute Gasteiger partial charge is 0.408 e. The second-order valence-electron chi connectivity index (χ2n) is 8.37. The van der Waals surface area contributed by atoms with Crippen LogP contribution in [-0.2, 0) is 16.1 Å². The third-order valence-corrected chi connectivity index (χ3v) is 6.07. The summed E-state index contributed by atoms with van der Waals surface area (Å²) in [6, 6.07) is 13.0. The van der Waals surface area contributed by atoms with Crippen molar-refractivity contribution in [1.82, 2.24) is 15.1 Å². The molecule has 1 aliphatic rings. The zero-order valence-electron chi connectivity index (χ0n) is 18.8. The zero-order valence-corrected chi connectivity index (χ0v) is 18.8. The van der Waals surface area contributed by atoms with Crippen LogP contribution in [0.3, 0.4) is 0 Å². The maximum Gasteiger partial charge on any atom is 0.408 e. The van der Waals surface area contributed by atoms with Gasteiger partial charge in [-0.1, -0.05) is 43.3 Å². The average molecular weight is 443 g/mol. The number of nitrogens with zero attached hydrogens (tertiary/aromatic N) is 2. The molecule has 2 aromatic rings. The predicted octanol–water partition coefficient (Wildman–Crippen LogP) is 2.97. The number of halogens is 1. The molecule has 3 N–H and O–H groups in total. The van der Waals surface area contributed by atoms with Crippen molar-refractivity contribution in [3.63, 3.8) is 0 Å². The molecule has 0 saturated carbocycles. The lowest BCUT2D eigenvalue weighted by atomic mass is 9.91. The molecule has 3 rings (SSSR count). The van der Waals surface area contributed by atoms with E-state index in [1.165, 1.54) is 12.1 Å². The van der Waals surface area contributed by atoms with Crippen LogP contribution in [0.15, 0.2) is 48.5 Å². The minimum absolute atomic E-state index is 0.0342. The number of carbonyl (C=O) groups excluding carboxylic acids is 2. The number of likely N-dealkylation sites (N-methyl/N-ethyl adjacent to an activating group) is 1. The molecule has 0 aromatic heterocycles. The minimum Gasteiger partial charge on any atom is -0.445 e. The highest BCUT2D eigenvalue weighted by Crippen LogP contribution is 2.25. The maximum atomic E-state index is 14.1. The SMILES string of the molecule is C[C@@H]1CN(C(=O)[C@H](NC(=O)OCc2ccccc2)[C@@H](C)c2ccc(N)c(F)c2)CCN1C. The molecule has 1 heterocycles. The van der Waals surface area contributed by atoms with Crippen molar-refractivity contribution in [2.75, 3.05) is 32.4 Å². The van der Waals surface area contributed by atoms with E-state index in [-0.39, 0.29) is 24.2 Å². The molecule has 2 aromatic carbocycles. The Balaban J connectivity index is 1.77. The third kappa shape index (κ3) is 5.76. The minimum atomic E-state index is -0.906. The monoisotopic (exact) mass is 442 g/mol. The first kappa shape index (κ1) is 23.5. The Morgan fingerprint density at radius 2 is 1.94 bits per heavy atom. The average Bonchev–Trinajstić information content (AvgIpc) is 2.79. The van der Waals surface area contributed by atoms with E-state index in [4.69, 9.17) is 10.5 Å². The standard InChI is InChI=1S/C24H31FN4O3/c1-16-14-29(12-11-28(16)3)23(30)22(17(2)19-9-10-21(26)20(25)13-19)27-24(31)32-15-18-7-5-4-6-8-18/h4-10,13,16-17,22H,11-12,14-15,26H2,1-3H3,(H,27,31)/t16-,17+,22-/m1/s1. The number of hydrogen-bond acceptors (Lipinski definition) is 5. The van der Waals surface area contributed by atoms with Gasteiger partial charge >= 0.3 is 6.09 Å². The van der Waals surface area contributed by atoms with Gasteiger partial charge in [0.1, 0.15) is 18.5 Å². The molecule has 0 aliphatic carbocycles. The highest BCUT2D eigenvalue weighted by molar-refractivity contribution is 5.87. The van der Waals surface area contributed by atoms with Gasteiger partial charge in [0.2, 0.25) is 5.91 Å². The van der Waals surface area contributed by atoms with Gasteiger partial charge in [0.05, 0.1) is 5.69 Å². The van der Waals surface area contributed by atoms with E-state index in [1.807, 2.05) is 37.4 Å². The fraction of sp³-hybridized carbons (Fsp3) is 0.417. The molecule has 1 fully saturated rings. The van der Waals surface area contributed by atoms with Crippen LogP contribution < -0.4 is 11.1 Å². The van der Waals surface area contributed by atoms with E-state index >= 15 is 0 Å². The number of benzene rings is 2. The molecule has 0 bridgehead atoms. The summed E-state index contributed by atoms with van der Waals surface area (Å²) < 4.78 is 19.4. The van der Waals surface area contributed by atoms with Gasteiger partial charge in [0.15, 0.2) is 0 Å². The molecule has 7 nitrogen and oxygen atoms in total. The van der Waals surface area contributed by atoms with Gasteiger partial charge in [-0.3, -0.25) is 4.79 Å². The highest BCUT2D eigenvalue weighted by atomic mass is 19.1. The zero-order chi connectivity index (χ0) is 23.3. The Hall–Kier alpha value is -3.13. The summed E-state index contributed by atoms with van der Waals surface area (Å²) in [5, 5.41) is 2.72. The molecule has 8 heteroatoms. The van der Waals surface area contributed by atoms with Crippen LogP contribution >= 0.6 is 0 Å². The molecular weight excluding hydrogens is 411 g/mol. The molecule has 0 spiro atoms. The van der Waals surface area contributed by atoms with Crippen molar-refractivity contribution in [3.8, 4) is 0 Å². The summed E-state index contributed by atoms with van der Waals surface area (Å²) in [5.74, 6) is -1.26. The highest BCUT2D eigenvalue weighted by Gasteiger charge is 2.35. The normalized spacial score (nSPS) is 18.6. The number of hydrogen-bond donors (Lipinski definition) is 2. The number of nitrogens with one attached hydrogen (secondary N) is 1. The molecule has 2 amide bonds. The Labute approximate surface area is 188 Å². The molecule has 3 atom stereocenters. The van der Waals surface area contributed by atoms with Crippen LogP contribution in [0.2, 0.25) is 0 Å². The van der Waals surface area contributed by atoms with Gasteiger partial charge < -0.3 is 25.6 Å². The van der Waals surface area contributed by atoms with E-state index in [2.05, 4.69) is 17.1 Å². The quantitative estimate of drug-likeness (QED) is 0.672. The topological polar surface area (TPSA) is 87.9 Å². The van der Waals surface area contributed by atoms with Crippen molar-refractivity contribution >= 4 is 17.7 Å². The molecule has 172 valence electrons. The lowest BCUT2D eigenvalue weighted by Gasteiger charge is -2.40. The summed E-state index contributed by atoms with van der Waals surface area (Å²) in [4.78, 5) is 30.0. The van der Waals surface area contributed by atoms with Crippen LogP contribution in [0.4, 0.5) is 14.9 Å². The number of nitrogens with two attached hydrogens (primary N) is 1. The number of alkyl carbamates (subject to hydrolysis) is 1. The second kappa shape index (κ2) is 10.5. The molecule has 1 saturated heterocycles. The number of amides is 2. The molecule has 0 unspecified atom stereocenters. The Bertz CT molecular complexity index is 940. The van der Waals surface area contributed by atoms with Crippen LogP contribution in [-0.4, -0.2) is 60.6 Å². The first-order valence-corrected chi connectivity index (χ1v) is 10.8. The van der Waals surface area contributed by atoms with Crippen molar-refractivity contribution in [1.29, 1.82) is 0 Å². The first-order chi connectivity index (χ1) is 15.3. The largest absolute Gasteiger partial charge is 0.445 e. The lowest BCUT2D eigenvalue weighted by molar-refractivity contribution is -0.136. The first-order valence-electron chi connectivity index (χ1n) is 10.8. The molecule has 0 radical (unpaired) electrons. The number of carbonyl (C=O) groups is 2. The predicted molar refractivity (Wildman–Crippen MR) is 121 cm³/mol. The van der Waals surface area contributed by atoms with Crippen molar-refractivity contribution in [2.24, 2.45) is 0 Å². The fourth-order valence-electron chi connectivity index (χ4n) is 3.76. The van der Waals surface area contributed by atoms with Crippen LogP contribution in [0.25, 0.3) is 0 Å². The van der Waals surface area contributed by atoms with Crippen molar-refractivity contribution < 1.29 is 18.7 Å². The van der Waals surface area contributed by atoms with Crippen LogP contribution in [0, 0.1) is 5.82 Å². The Morgan fingerprint density at radius 1 is 1.22 bits per heavy atom. The number of nitrogen functional groups attached to an aromatic ring is 1. The van der Waals surface area contributed by atoms with Gasteiger partial charge in [-0.05, 0) is 37.2 Å². The Morgan fingerprint density at radius 3 is 2.59 bits per heavy atom. The number of anilines is 1. The summed E-state index contributed by atoms with van der Waals surface area (Å²) in [7, 11) is 2.02. The van der Waals surface area contributed by atoms with Gasteiger partial charge in [-0.2, -0.15) is 0 Å². The van der Waals surface area contributed by atoms with E-state index in [0.29, 0.717) is 18.7 Å². The van der Waals surface area contributed by atoms with Gasteiger partial charge in [0.25, 0.3) is 0 Å². The van der Waals surface area contributed by atoms with E-state index in [9.17, 15) is 14.0 Å². The van der Waals surface area contributed by atoms with Gasteiger partial charge in [-0.25, -0.2) is 9.18 Å².